The standard InChI is InChI=1S/C13H13N3S/c14-12(17)9-13-15-7-6-11(16-13)8-10-4-2-1-3-5-10/h1-7H,8-9H2,(H2,14,17). The number of hydrogen-bond acceptors (Lipinski definition) is 3. The van der Waals surface area contributed by atoms with Crippen molar-refractivity contribution in [3.05, 3.63) is 59.7 Å². The van der Waals surface area contributed by atoms with Crippen molar-refractivity contribution < 1.29 is 0 Å². The maximum Gasteiger partial charge on any atom is 0.135 e. The maximum atomic E-state index is 5.48. The number of hydrogen-bond donors (Lipinski definition) is 1. The molecule has 3 nitrogen and oxygen atoms in total. The molecular weight excluding hydrogens is 230 g/mol. The van der Waals surface area contributed by atoms with Crippen LogP contribution in [0.3, 0.4) is 0 Å². The molecule has 1 aromatic carbocycles. The summed E-state index contributed by atoms with van der Waals surface area (Å²) < 4.78 is 0. The van der Waals surface area contributed by atoms with E-state index in [-0.39, 0.29) is 0 Å². The van der Waals surface area contributed by atoms with Gasteiger partial charge in [0.1, 0.15) is 5.82 Å². The molecule has 2 rings (SSSR count). The summed E-state index contributed by atoms with van der Waals surface area (Å²) in [5, 5.41) is 0. The van der Waals surface area contributed by atoms with Crippen molar-refractivity contribution in [1.82, 2.24) is 9.97 Å². The lowest BCUT2D eigenvalue weighted by atomic mass is 10.1. The monoisotopic (exact) mass is 243 g/mol. The van der Waals surface area contributed by atoms with E-state index in [2.05, 4.69) is 22.1 Å². The van der Waals surface area contributed by atoms with Crippen molar-refractivity contribution in [3.8, 4) is 0 Å². The highest BCUT2D eigenvalue weighted by atomic mass is 32.1. The summed E-state index contributed by atoms with van der Waals surface area (Å²) in [7, 11) is 0. The average Bonchev–Trinajstić information content (AvgIpc) is 2.30. The molecule has 0 aliphatic carbocycles. The van der Waals surface area contributed by atoms with E-state index in [1.165, 1.54) is 5.56 Å². The fourth-order valence-electron chi connectivity index (χ4n) is 1.59. The zero-order valence-corrected chi connectivity index (χ0v) is 10.2. The van der Waals surface area contributed by atoms with Gasteiger partial charge in [-0.3, -0.25) is 0 Å². The van der Waals surface area contributed by atoms with Crippen LogP contribution < -0.4 is 5.73 Å². The summed E-state index contributed by atoms with van der Waals surface area (Å²) >= 11 is 4.85. The van der Waals surface area contributed by atoms with Gasteiger partial charge in [-0.1, -0.05) is 42.5 Å². The summed E-state index contributed by atoms with van der Waals surface area (Å²) in [6.45, 7) is 0. The molecule has 0 aliphatic heterocycles. The van der Waals surface area contributed by atoms with Crippen LogP contribution in [0, 0.1) is 0 Å². The quantitative estimate of drug-likeness (QED) is 0.833. The van der Waals surface area contributed by atoms with Crippen LogP contribution in [0.2, 0.25) is 0 Å². The van der Waals surface area contributed by atoms with Crippen molar-refractivity contribution >= 4 is 17.2 Å². The molecule has 0 amide bonds. The Kier molecular flexibility index (Phi) is 3.77. The van der Waals surface area contributed by atoms with Gasteiger partial charge in [0, 0.05) is 18.3 Å². The molecule has 0 spiro atoms. The summed E-state index contributed by atoms with van der Waals surface area (Å²) in [5.41, 5.74) is 7.69. The van der Waals surface area contributed by atoms with Crippen LogP contribution >= 0.6 is 12.2 Å². The lowest BCUT2D eigenvalue weighted by Crippen LogP contribution is -2.13. The zero-order chi connectivity index (χ0) is 12.1. The Morgan fingerprint density at radius 2 is 1.94 bits per heavy atom. The zero-order valence-electron chi connectivity index (χ0n) is 9.34. The van der Waals surface area contributed by atoms with Crippen molar-refractivity contribution in [2.45, 2.75) is 12.8 Å². The van der Waals surface area contributed by atoms with Crippen LogP contribution in [0.25, 0.3) is 0 Å². The van der Waals surface area contributed by atoms with Gasteiger partial charge in [-0.15, -0.1) is 0 Å². The molecule has 0 atom stereocenters. The normalized spacial score (nSPS) is 10.1. The Morgan fingerprint density at radius 1 is 1.18 bits per heavy atom. The van der Waals surface area contributed by atoms with Crippen LogP contribution in [0.15, 0.2) is 42.6 Å². The number of rotatable bonds is 4. The van der Waals surface area contributed by atoms with Crippen LogP contribution in [-0.4, -0.2) is 15.0 Å². The molecule has 86 valence electrons. The molecule has 1 aromatic heterocycles. The van der Waals surface area contributed by atoms with E-state index in [9.17, 15) is 0 Å². The third kappa shape index (κ3) is 3.60. The van der Waals surface area contributed by atoms with Crippen LogP contribution in [0.5, 0.6) is 0 Å². The SMILES string of the molecule is NC(=S)Cc1nccc(Cc2ccccc2)n1. The average molecular weight is 243 g/mol. The Labute approximate surface area is 106 Å². The Bertz CT molecular complexity index is 511. The van der Waals surface area contributed by atoms with Gasteiger partial charge in [0.15, 0.2) is 0 Å². The molecule has 17 heavy (non-hydrogen) atoms. The molecule has 0 saturated carbocycles. The number of nitrogens with zero attached hydrogens (tertiary/aromatic N) is 2. The Morgan fingerprint density at radius 3 is 2.65 bits per heavy atom. The topological polar surface area (TPSA) is 51.8 Å². The second kappa shape index (κ2) is 5.50. The van der Waals surface area contributed by atoms with E-state index in [4.69, 9.17) is 18.0 Å². The van der Waals surface area contributed by atoms with E-state index >= 15 is 0 Å². The summed E-state index contributed by atoms with van der Waals surface area (Å²) in [4.78, 5) is 8.99. The Hall–Kier alpha value is -1.81. The van der Waals surface area contributed by atoms with Gasteiger partial charge in [-0.05, 0) is 11.6 Å². The lowest BCUT2D eigenvalue weighted by molar-refractivity contribution is 0.944. The molecule has 1 heterocycles. The van der Waals surface area contributed by atoms with Crippen molar-refractivity contribution in [2.75, 3.05) is 0 Å². The second-order valence-electron chi connectivity index (χ2n) is 3.77. The first kappa shape index (κ1) is 11.7. The molecule has 2 aromatic rings. The molecule has 0 radical (unpaired) electrons. The maximum absolute atomic E-state index is 5.48. The minimum absolute atomic E-state index is 0.418. The number of thiocarbonyl (C=S) groups is 1. The molecule has 4 heteroatoms. The van der Waals surface area contributed by atoms with E-state index in [1.54, 1.807) is 6.20 Å². The first-order valence-electron chi connectivity index (χ1n) is 5.37. The molecule has 0 saturated heterocycles. The smallest absolute Gasteiger partial charge is 0.135 e. The second-order valence-corrected chi connectivity index (χ2v) is 4.29. The minimum Gasteiger partial charge on any atom is -0.393 e. The number of nitrogens with two attached hydrogens (primary N) is 1. The largest absolute Gasteiger partial charge is 0.393 e. The summed E-state index contributed by atoms with van der Waals surface area (Å²) in [6.07, 6.45) is 3.00. The summed E-state index contributed by atoms with van der Waals surface area (Å²) in [6, 6.07) is 12.1. The molecule has 0 fully saturated rings. The van der Waals surface area contributed by atoms with Crippen LogP contribution in [0.4, 0.5) is 0 Å². The fourth-order valence-corrected chi connectivity index (χ4v) is 1.71. The molecule has 0 unspecified atom stereocenters. The number of aromatic nitrogens is 2. The number of benzene rings is 1. The predicted octanol–water partition coefficient (Wildman–Crippen LogP) is 1.90. The first-order valence-corrected chi connectivity index (χ1v) is 5.78. The van der Waals surface area contributed by atoms with E-state index in [0.717, 1.165) is 12.1 Å². The van der Waals surface area contributed by atoms with Gasteiger partial charge in [-0.2, -0.15) is 0 Å². The van der Waals surface area contributed by atoms with E-state index in [0.29, 0.717) is 17.2 Å². The van der Waals surface area contributed by atoms with Gasteiger partial charge >= 0.3 is 0 Å². The minimum atomic E-state index is 0.418. The first-order chi connectivity index (χ1) is 8.24. The van der Waals surface area contributed by atoms with Crippen molar-refractivity contribution in [3.63, 3.8) is 0 Å². The lowest BCUT2D eigenvalue weighted by Gasteiger charge is -2.03. The van der Waals surface area contributed by atoms with Gasteiger partial charge in [0.2, 0.25) is 0 Å². The van der Waals surface area contributed by atoms with Gasteiger partial charge in [0.05, 0.1) is 11.4 Å². The molecule has 0 bridgehead atoms. The van der Waals surface area contributed by atoms with Crippen molar-refractivity contribution in [1.29, 1.82) is 0 Å². The third-order valence-electron chi connectivity index (χ3n) is 2.32. The fraction of sp³-hybridized carbons (Fsp3) is 0.154. The van der Waals surface area contributed by atoms with Crippen molar-refractivity contribution in [2.24, 2.45) is 5.73 Å². The Balaban J connectivity index is 2.14. The molecular formula is C13H13N3S. The highest BCUT2D eigenvalue weighted by molar-refractivity contribution is 7.80. The molecule has 2 N–H and O–H groups in total. The van der Waals surface area contributed by atoms with Gasteiger partial charge < -0.3 is 5.73 Å². The van der Waals surface area contributed by atoms with Crippen LogP contribution in [0.1, 0.15) is 17.1 Å². The highest BCUT2D eigenvalue weighted by Crippen LogP contribution is 2.06. The van der Waals surface area contributed by atoms with E-state index in [1.807, 2.05) is 24.3 Å². The van der Waals surface area contributed by atoms with Gasteiger partial charge in [-0.25, -0.2) is 9.97 Å². The molecule has 0 aliphatic rings. The third-order valence-corrected chi connectivity index (χ3v) is 2.47. The predicted molar refractivity (Wildman–Crippen MR) is 71.8 cm³/mol. The van der Waals surface area contributed by atoms with Crippen LogP contribution in [-0.2, 0) is 12.8 Å². The summed E-state index contributed by atoms with van der Waals surface area (Å²) in [5.74, 6) is 0.686. The van der Waals surface area contributed by atoms with Gasteiger partial charge in [0.25, 0.3) is 0 Å². The highest BCUT2D eigenvalue weighted by Gasteiger charge is 2.02. The van der Waals surface area contributed by atoms with E-state index < -0.39 is 0 Å².